The second-order valence-corrected chi connectivity index (χ2v) is 5.07. The van der Waals surface area contributed by atoms with Gasteiger partial charge in [-0.2, -0.15) is 0 Å². The summed E-state index contributed by atoms with van der Waals surface area (Å²) in [5, 5.41) is 10.0. The minimum atomic E-state index is -0.905. The fourth-order valence-corrected chi connectivity index (χ4v) is 2.44. The number of nitrogens with two attached hydrogens (primary N) is 1. The number of ether oxygens (including phenoxy) is 1. The maximum Gasteiger partial charge on any atom is 0.344 e. The van der Waals surface area contributed by atoms with Crippen LogP contribution in [0.15, 0.2) is 45.6 Å². The van der Waals surface area contributed by atoms with Crippen LogP contribution in [-0.2, 0) is 0 Å². The van der Waals surface area contributed by atoms with Gasteiger partial charge in [-0.1, -0.05) is 6.07 Å². The van der Waals surface area contributed by atoms with E-state index in [1.165, 1.54) is 25.3 Å². The van der Waals surface area contributed by atoms with E-state index in [0.29, 0.717) is 5.56 Å². The Morgan fingerprint density at radius 3 is 2.62 bits per heavy atom. The van der Waals surface area contributed by atoms with Crippen LogP contribution in [0.4, 0.5) is 4.39 Å². The Hall–Kier alpha value is -3.35. The molecule has 7 heteroatoms. The molecule has 3 aromatic rings. The number of aromatic hydroxyl groups is 1. The number of fused-ring (bicyclic) bond motifs is 1. The van der Waals surface area contributed by atoms with Gasteiger partial charge in [0, 0.05) is 5.39 Å². The van der Waals surface area contributed by atoms with Gasteiger partial charge in [0.1, 0.15) is 5.82 Å². The minimum Gasteiger partial charge on any atom is -0.504 e. The lowest BCUT2D eigenvalue weighted by Gasteiger charge is -2.08. The smallest absolute Gasteiger partial charge is 0.344 e. The molecule has 0 aliphatic heterocycles. The molecular weight excluding hydrogens is 317 g/mol. The molecule has 0 spiro atoms. The van der Waals surface area contributed by atoms with E-state index in [0.717, 1.165) is 12.1 Å². The van der Waals surface area contributed by atoms with Crippen molar-refractivity contribution in [3.8, 4) is 22.6 Å². The number of amides is 1. The van der Waals surface area contributed by atoms with E-state index >= 15 is 0 Å². The molecular formula is C17H12FNO5. The molecule has 24 heavy (non-hydrogen) atoms. The van der Waals surface area contributed by atoms with Crippen LogP contribution in [0.25, 0.3) is 22.1 Å². The number of hydrogen-bond acceptors (Lipinski definition) is 5. The number of carbonyl (C=O) groups is 1. The van der Waals surface area contributed by atoms with Gasteiger partial charge in [-0.05, 0) is 35.9 Å². The molecule has 3 N–H and O–H groups in total. The van der Waals surface area contributed by atoms with Gasteiger partial charge in [0.15, 0.2) is 17.1 Å². The van der Waals surface area contributed by atoms with Crippen LogP contribution in [-0.4, -0.2) is 18.1 Å². The van der Waals surface area contributed by atoms with E-state index in [-0.39, 0.29) is 33.6 Å². The standard InChI is InChI=1S/C17H12FNO5/c1-23-14-3-2-8(6-13(14)20)11-5-9-4-10(18)7-12(16(19)21)15(9)24-17(11)22/h2-7,20H,1H3,(H2,19,21). The number of halogens is 1. The summed E-state index contributed by atoms with van der Waals surface area (Å²) < 4.78 is 23.8. The highest BCUT2D eigenvalue weighted by molar-refractivity contribution is 6.04. The minimum absolute atomic E-state index is 0.0876. The van der Waals surface area contributed by atoms with Crippen LogP contribution in [0.2, 0.25) is 0 Å². The second kappa shape index (κ2) is 5.69. The van der Waals surface area contributed by atoms with Crippen molar-refractivity contribution < 1.29 is 23.4 Å². The summed E-state index contributed by atoms with van der Waals surface area (Å²) in [7, 11) is 1.40. The highest BCUT2D eigenvalue weighted by atomic mass is 19.1. The van der Waals surface area contributed by atoms with Gasteiger partial charge < -0.3 is 20.0 Å². The lowest BCUT2D eigenvalue weighted by Crippen LogP contribution is -2.13. The average molecular weight is 329 g/mol. The first-order chi connectivity index (χ1) is 11.4. The molecule has 1 aromatic heterocycles. The van der Waals surface area contributed by atoms with E-state index in [4.69, 9.17) is 14.9 Å². The van der Waals surface area contributed by atoms with E-state index in [1.807, 2.05) is 0 Å². The maximum atomic E-state index is 13.7. The molecule has 0 saturated heterocycles. The molecule has 0 bridgehead atoms. The first-order valence-electron chi connectivity index (χ1n) is 6.85. The number of benzene rings is 2. The summed E-state index contributed by atoms with van der Waals surface area (Å²) in [6.45, 7) is 0. The van der Waals surface area contributed by atoms with Crippen LogP contribution in [0.1, 0.15) is 10.4 Å². The lowest BCUT2D eigenvalue weighted by molar-refractivity contribution is 0.100. The number of methoxy groups -OCH3 is 1. The Morgan fingerprint density at radius 1 is 1.25 bits per heavy atom. The molecule has 2 aromatic carbocycles. The van der Waals surface area contributed by atoms with Gasteiger partial charge in [0.2, 0.25) is 0 Å². The maximum absolute atomic E-state index is 13.7. The van der Waals surface area contributed by atoms with Gasteiger partial charge in [0.25, 0.3) is 5.91 Å². The van der Waals surface area contributed by atoms with Gasteiger partial charge in [-0.3, -0.25) is 4.79 Å². The normalized spacial score (nSPS) is 10.8. The molecule has 1 heterocycles. The van der Waals surface area contributed by atoms with Crippen molar-refractivity contribution in [2.45, 2.75) is 0 Å². The number of primary amides is 1. The zero-order chi connectivity index (χ0) is 17.4. The van der Waals surface area contributed by atoms with Crippen molar-refractivity contribution in [2.75, 3.05) is 7.11 Å². The quantitative estimate of drug-likeness (QED) is 0.718. The molecule has 122 valence electrons. The fraction of sp³-hybridized carbons (Fsp3) is 0.0588. The van der Waals surface area contributed by atoms with Crippen molar-refractivity contribution in [1.29, 1.82) is 0 Å². The van der Waals surface area contributed by atoms with Crippen molar-refractivity contribution >= 4 is 16.9 Å². The summed E-state index contributed by atoms with van der Waals surface area (Å²) in [5.41, 5.74) is 4.59. The van der Waals surface area contributed by atoms with E-state index in [1.54, 1.807) is 6.07 Å². The molecule has 0 fully saturated rings. The fourth-order valence-electron chi connectivity index (χ4n) is 2.44. The molecule has 0 aliphatic carbocycles. The second-order valence-electron chi connectivity index (χ2n) is 5.07. The van der Waals surface area contributed by atoms with Crippen LogP contribution in [0.3, 0.4) is 0 Å². The molecule has 6 nitrogen and oxygen atoms in total. The number of phenols is 1. The van der Waals surface area contributed by atoms with Crippen LogP contribution in [0, 0.1) is 5.82 Å². The third-order valence-electron chi connectivity index (χ3n) is 3.55. The molecule has 0 unspecified atom stereocenters. The number of carbonyl (C=O) groups excluding carboxylic acids is 1. The largest absolute Gasteiger partial charge is 0.504 e. The van der Waals surface area contributed by atoms with E-state index in [2.05, 4.69) is 0 Å². The molecule has 3 rings (SSSR count). The lowest BCUT2D eigenvalue weighted by atomic mass is 10.0. The van der Waals surface area contributed by atoms with Crippen molar-refractivity contribution in [1.82, 2.24) is 0 Å². The van der Waals surface area contributed by atoms with Crippen molar-refractivity contribution in [3.63, 3.8) is 0 Å². The summed E-state index contributed by atoms with van der Waals surface area (Å²) in [6.07, 6.45) is 0. The first kappa shape index (κ1) is 15.5. The van der Waals surface area contributed by atoms with Crippen LogP contribution >= 0.6 is 0 Å². The van der Waals surface area contributed by atoms with Crippen LogP contribution in [0.5, 0.6) is 11.5 Å². The van der Waals surface area contributed by atoms with Crippen molar-refractivity contribution in [2.24, 2.45) is 5.73 Å². The van der Waals surface area contributed by atoms with Gasteiger partial charge in [-0.15, -0.1) is 0 Å². The Kier molecular flexibility index (Phi) is 3.69. The highest BCUT2D eigenvalue weighted by Crippen LogP contribution is 2.31. The number of rotatable bonds is 3. The number of phenolic OH excluding ortho intramolecular Hbond substituents is 1. The van der Waals surface area contributed by atoms with E-state index < -0.39 is 17.3 Å². The topological polar surface area (TPSA) is 103 Å². The number of hydrogen-bond donors (Lipinski definition) is 2. The van der Waals surface area contributed by atoms with Gasteiger partial charge in [0.05, 0.1) is 18.2 Å². The van der Waals surface area contributed by atoms with Gasteiger partial charge in [-0.25, -0.2) is 9.18 Å². The zero-order valence-corrected chi connectivity index (χ0v) is 12.5. The highest BCUT2D eigenvalue weighted by Gasteiger charge is 2.16. The van der Waals surface area contributed by atoms with Gasteiger partial charge >= 0.3 is 5.63 Å². The SMILES string of the molecule is COc1ccc(-c2cc3cc(F)cc(C(N)=O)c3oc2=O)cc1O. The Labute approximate surface area is 134 Å². The summed E-state index contributed by atoms with van der Waals surface area (Å²) >= 11 is 0. The monoisotopic (exact) mass is 329 g/mol. The predicted molar refractivity (Wildman–Crippen MR) is 84.6 cm³/mol. The third-order valence-corrected chi connectivity index (χ3v) is 3.55. The molecule has 0 aliphatic rings. The summed E-state index contributed by atoms with van der Waals surface area (Å²) in [6, 6.07) is 7.76. The summed E-state index contributed by atoms with van der Waals surface area (Å²) in [4.78, 5) is 23.6. The third kappa shape index (κ3) is 2.56. The predicted octanol–water partition coefficient (Wildman–Crippen LogP) is 2.41. The van der Waals surface area contributed by atoms with Crippen molar-refractivity contribution in [3.05, 3.63) is 58.2 Å². The van der Waals surface area contributed by atoms with E-state index in [9.17, 15) is 19.1 Å². The zero-order valence-electron chi connectivity index (χ0n) is 12.5. The van der Waals surface area contributed by atoms with Crippen LogP contribution < -0.4 is 16.1 Å². The average Bonchev–Trinajstić information content (AvgIpc) is 2.53. The molecule has 0 radical (unpaired) electrons. The molecule has 0 saturated carbocycles. The molecule has 1 amide bonds. The first-order valence-corrected chi connectivity index (χ1v) is 6.85. The molecule has 0 atom stereocenters. The Morgan fingerprint density at radius 2 is 2.00 bits per heavy atom. The Balaban J connectivity index is 2.27. The Bertz CT molecular complexity index is 1030. The summed E-state index contributed by atoms with van der Waals surface area (Å²) in [5.74, 6) is -1.51.